The van der Waals surface area contributed by atoms with Crippen LogP contribution in [0.2, 0.25) is 0 Å². The number of nitrogens with two attached hydrogens (primary N) is 1. The van der Waals surface area contributed by atoms with Gasteiger partial charge < -0.3 is 10.5 Å². The lowest BCUT2D eigenvalue weighted by molar-refractivity contribution is 0.304. The van der Waals surface area contributed by atoms with E-state index in [-0.39, 0.29) is 11.9 Å². The predicted molar refractivity (Wildman–Crippen MR) is 74.5 cm³/mol. The van der Waals surface area contributed by atoms with E-state index in [2.05, 4.69) is 0 Å². The van der Waals surface area contributed by atoms with E-state index in [1.54, 1.807) is 31.2 Å². The van der Waals surface area contributed by atoms with Crippen LogP contribution in [0.25, 0.3) is 0 Å². The standard InChI is InChI=1S/C16H15FN2O/c1-11(19)15-7-6-14(8-16(15)17)20-10-13-4-2-12(9-18)3-5-13/h2-8,11H,10,19H2,1H3. The molecule has 0 saturated heterocycles. The maximum atomic E-state index is 13.7. The summed E-state index contributed by atoms with van der Waals surface area (Å²) in [5, 5.41) is 8.70. The van der Waals surface area contributed by atoms with Gasteiger partial charge in [-0.25, -0.2) is 4.39 Å². The van der Waals surface area contributed by atoms with Crippen molar-refractivity contribution in [2.24, 2.45) is 5.73 Å². The minimum atomic E-state index is -0.364. The van der Waals surface area contributed by atoms with E-state index in [0.29, 0.717) is 23.5 Å². The highest BCUT2D eigenvalue weighted by atomic mass is 19.1. The molecule has 0 aromatic heterocycles. The third kappa shape index (κ3) is 3.34. The summed E-state index contributed by atoms with van der Waals surface area (Å²) in [6, 6.07) is 13.4. The van der Waals surface area contributed by atoms with E-state index < -0.39 is 0 Å². The first-order chi connectivity index (χ1) is 9.60. The Kier molecular flexibility index (Phi) is 4.34. The monoisotopic (exact) mass is 270 g/mol. The molecule has 0 heterocycles. The summed E-state index contributed by atoms with van der Waals surface area (Å²) in [6.07, 6.45) is 0. The van der Waals surface area contributed by atoms with Crippen LogP contribution < -0.4 is 10.5 Å². The Hall–Kier alpha value is -2.38. The van der Waals surface area contributed by atoms with Crippen LogP contribution in [-0.4, -0.2) is 0 Å². The fourth-order valence-electron chi connectivity index (χ4n) is 1.81. The van der Waals surface area contributed by atoms with E-state index in [1.165, 1.54) is 6.07 Å². The quantitative estimate of drug-likeness (QED) is 0.927. The van der Waals surface area contributed by atoms with E-state index in [4.69, 9.17) is 15.7 Å². The van der Waals surface area contributed by atoms with Crippen LogP contribution in [0.3, 0.4) is 0 Å². The predicted octanol–water partition coefficient (Wildman–Crippen LogP) is 3.30. The minimum absolute atomic E-state index is 0.322. The molecular weight excluding hydrogens is 255 g/mol. The first-order valence-electron chi connectivity index (χ1n) is 6.27. The van der Waals surface area contributed by atoms with Crippen molar-refractivity contribution in [2.75, 3.05) is 0 Å². The molecule has 2 N–H and O–H groups in total. The molecule has 0 saturated carbocycles. The second-order valence-corrected chi connectivity index (χ2v) is 4.57. The molecule has 3 nitrogen and oxygen atoms in total. The molecule has 2 aromatic carbocycles. The highest BCUT2D eigenvalue weighted by Gasteiger charge is 2.08. The van der Waals surface area contributed by atoms with E-state index in [1.807, 2.05) is 18.2 Å². The molecule has 20 heavy (non-hydrogen) atoms. The lowest BCUT2D eigenvalue weighted by Gasteiger charge is -2.10. The summed E-state index contributed by atoms with van der Waals surface area (Å²) in [5.74, 6) is 0.0913. The number of nitrogens with zero attached hydrogens (tertiary/aromatic N) is 1. The second-order valence-electron chi connectivity index (χ2n) is 4.57. The van der Waals surface area contributed by atoms with Crippen LogP contribution in [0.15, 0.2) is 42.5 Å². The smallest absolute Gasteiger partial charge is 0.131 e. The molecule has 102 valence electrons. The highest BCUT2D eigenvalue weighted by molar-refractivity contribution is 5.33. The lowest BCUT2D eigenvalue weighted by Crippen LogP contribution is -2.07. The van der Waals surface area contributed by atoms with Gasteiger partial charge in [0, 0.05) is 17.7 Å². The Labute approximate surface area is 117 Å². The molecule has 0 aliphatic carbocycles. The Bertz CT molecular complexity index is 630. The van der Waals surface area contributed by atoms with Gasteiger partial charge in [-0.15, -0.1) is 0 Å². The van der Waals surface area contributed by atoms with Crippen LogP contribution in [0.5, 0.6) is 5.75 Å². The molecule has 2 aromatic rings. The third-order valence-corrected chi connectivity index (χ3v) is 2.95. The Balaban J connectivity index is 2.03. The van der Waals surface area contributed by atoms with Gasteiger partial charge in [-0.1, -0.05) is 18.2 Å². The van der Waals surface area contributed by atoms with Crippen molar-refractivity contribution >= 4 is 0 Å². The van der Waals surface area contributed by atoms with Gasteiger partial charge >= 0.3 is 0 Å². The van der Waals surface area contributed by atoms with Crippen LogP contribution in [-0.2, 0) is 6.61 Å². The molecule has 0 radical (unpaired) electrons. The summed E-state index contributed by atoms with van der Waals surface area (Å²) in [4.78, 5) is 0. The van der Waals surface area contributed by atoms with Crippen LogP contribution in [0.1, 0.15) is 29.7 Å². The van der Waals surface area contributed by atoms with Crippen molar-refractivity contribution in [1.29, 1.82) is 5.26 Å². The number of benzene rings is 2. The topological polar surface area (TPSA) is 59.0 Å². The van der Waals surface area contributed by atoms with E-state index in [0.717, 1.165) is 5.56 Å². The van der Waals surface area contributed by atoms with Gasteiger partial charge in [0.15, 0.2) is 0 Å². The molecule has 0 amide bonds. The van der Waals surface area contributed by atoms with E-state index in [9.17, 15) is 4.39 Å². The van der Waals surface area contributed by atoms with Crippen LogP contribution in [0.4, 0.5) is 4.39 Å². The lowest BCUT2D eigenvalue weighted by atomic mass is 10.1. The van der Waals surface area contributed by atoms with Crippen molar-refractivity contribution in [2.45, 2.75) is 19.6 Å². The molecular formula is C16H15FN2O. The van der Waals surface area contributed by atoms with Gasteiger partial charge in [-0.2, -0.15) is 5.26 Å². The number of rotatable bonds is 4. The van der Waals surface area contributed by atoms with Gasteiger partial charge in [-0.05, 0) is 30.7 Å². The van der Waals surface area contributed by atoms with Gasteiger partial charge in [0.05, 0.1) is 11.6 Å². The molecule has 0 spiro atoms. The molecule has 1 atom stereocenters. The Morgan fingerprint density at radius 1 is 1.25 bits per heavy atom. The Morgan fingerprint density at radius 3 is 2.50 bits per heavy atom. The van der Waals surface area contributed by atoms with Gasteiger partial charge in [-0.3, -0.25) is 0 Å². The summed E-state index contributed by atoms with van der Waals surface area (Å²) >= 11 is 0. The molecule has 2 rings (SSSR count). The molecule has 0 aliphatic rings. The van der Waals surface area contributed by atoms with E-state index >= 15 is 0 Å². The van der Waals surface area contributed by atoms with Gasteiger partial charge in [0.2, 0.25) is 0 Å². The van der Waals surface area contributed by atoms with Crippen molar-refractivity contribution in [3.05, 3.63) is 65.0 Å². The number of nitriles is 1. The van der Waals surface area contributed by atoms with Crippen molar-refractivity contribution in [1.82, 2.24) is 0 Å². The molecule has 0 fully saturated rings. The molecule has 1 unspecified atom stereocenters. The number of hydrogen-bond acceptors (Lipinski definition) is 3. The van der Waals surface area contributed by atoms with Crippen LogP contribution in [0, 0.1) is 17.1 Å². The first kappa shape index (κ1) is 14.0. The van der Waals surface area contributed by atoms with Crippen molar-refractivity contribution in [3.8, 4) is 11.8 Å². The maximum absolute atomic E-state index is 13.7. The highest BCUT2D eigenvalue weighted by Crippen LogP contribution is 2.21. The largest absolute Gasteiger partial charge is 0.489 e. The fourth-order valence-corrected chi connectivity index (χ4v) is 1.81. The zero-order chi connectivity index (χ0) is 14.5. The number of hydrogen-bond donors (Lipinski definition) is 1. The van der Waals surface area contributed by atoms with Gasteiger partial charge in [0.1, 0.15) is 18.2 Å². The second kappa shape index (κ2) is 6.18. The molecule has 4 heteroatoms. The first-order valence-corrected chi connectivity index (χ1v) is 6.27. The normalized spacial score (nSPS) is 11.7. The summed E-state index contributed by atoms with van der Waals surface area (Å²) < 4.78 is 19.2. The SMILES string of the molecule is CC(N)c1ccc(OCc2ccc(C#N)cc2)cc1F. The number of ether oxygens (including phenoxy) is 1. The van der Waals surface area contributed by atoms with Crippen molar-refractivity contribution < 1.29 is 9.13 Å². The molecule has 0 aliphatic heterocycles. The van der Waals surface area contributed by atoms with Gasteiger partial charge in [0.25, 0.3) is 0 Å². The Morgan fingerprint density at radius 2 is 1.95 bits per heavy atom. The minimum Gasteiger partial charge on any atom is -0.489 e. The average Bonchev–Trinajstić information content (AvgIpc) is 2.45. The fraction of sp³-hybridized carbons (Fsp3) is 0.188. The third-order valence-electron chi connectivity index (χ3n) is 2.95. The summed E-state index contributed by atoms with van der Waals surface area (Å²) in [6.45, 7) is 2.05. The zero-order valence-corrected chi connectivity index (χ0v) is 11.1. The average molecular weight is 270 g/mol. The molecule has 0 bridgehead atoms. The summed E-state index contributed by atoms with van der Waals surface area (Å²) in [5.41, 5.74) is 7.63. The number of halogens is 1. The summed E-state index contributed by atoms with van der Waals surface area (Å²) in [7, 11) is 0. The van der Waals surface area contributed by atoms with Crippen molar-refractivity contribution in [3.63, 3.8) is 0 Å². The maximum Gasteiger partial charge on any atom is 0.131 e. The van der Waals surface area contributed by atoms with Crippen LogP contribution >= 0.6 is 0 Å². The zero-order valence-electron chi connectivity index (χ0n) is 11.1.